The van der Waals surface area contributed by atoms with Gasteiger partial charge in [0.2, 0.25) is 5.43 Å². The molecule has 1 heterocycles. The van der Waals surface area contributed by atoms with Crippen LogP contribution in [-0.2, 0) is 13.2 Å². The smallest absolute Gasteiger partial charge is 0.230 e. The van der Waals surface area contributed by atoms with Gasteiger partial charge < -0.3 is 19.5 Å². The molecule has 0 spiro atoms. The first-order valence-corrected chi connectivity index (χ1v) is 8.53. The van der Waals surface area contributed by atoms with E-state index in [9.17, 15) is 19.4 Å². The highest BCUT2D eigenvalue weighted by Crippen LogP contribution is 2.34. The minimum atomic E-state index is -0.559. The number of hydrogen-bond donors (Lipinski definition) is 2. The predicted octanol–water partition coefficient (Wildman–Crippen LogP) is 3.24. The number of pyridine rings is 1. The van der Waals surface area contributed by atoms with Crippen LogP contribution in [0.15, 0.2) is 59.4 Å². The van der Waals surface area contributed by atoms with Crippen LogP contribution in [0.2, 0.25) is 0 Å². The lowest BCUT2D eigenvalue weighted by atomic mass is 10.1. The summed E-state index contributed by atoms with van der Waals surface area (Å²) in [5, 5.41) is 19.8. The van der Waals surface area contributed by atoms with Crippen LogP contribution in [0.5, 0.6) is 11.6 Å². The number of aromatic nitrogens is 1. The van der Waals surface area contributed by atoms with Crippen molar-refractivity contribution >= 4 is 0 Å². The Morgan fingerprint density at radius 1 is 1.07 bits per heavy atom. The molecule has 2 N–H and O–H groups in total. The van der Waals surface area contributed by atoms with Crippen LogP contribution in [-0.4, -0.2) is 21.4 Å². The molecule has 2 aromatic carbocycles. The fraction of sp³-hybridized carbons (Fsp3) is 0.190. The number of aromatic hydroxyl groups is 1. The van der Waals surface area contributed by atoms with Crippen LogP contribution in [0.3, 0.4) is 0 Å². The molecule has 140 valence electrons. The third-order valence-corrected chi connectivity index (χ3v) is 4.30. The van der Waals surface area contributed by atoms with Gasteiger partial charge in [-0.3, -0.25) is 4.79 Å². The Kier molecular flexibility index (Phi) is 5.57. The predicted molar refractivity (Wildman–Crippen MR) is 100 cm³/mol. The fourth-order valence-electron chi connectivity index (χ4n) is 2.91. The van der Waals surface area contributed by atoms with E-state index >= 15 is 0 Å². The van der Waals surface area contributed by atoms with Gasteiger partial charge >= 0.3 is 0 Å². The van der Waals surface area contributed by atoms with Crippen LogP contribution < -0.4 is 10.2 Å². The SMILES string of the molecule is Cc1c(O)n(CCO)c(-c2ccccc2F)c(OCc2ccccc2)c1=O. The zero-order valence-electron chi connectivity index (χ0n) is 14.9. The standard InChI is InChI=1S/C21H20FNO4/c1-14-19(25)20(27-13-15-7-3-2-4-8-15)18(23(11-12-24)21(14)26)16-9-5-6-10-17(16)22/h2-10,24,26H,11-13H2,1H3. The summed E-state index contributed by atoms with van der Waals surface area (Å²) in [5.41, 5.74) is 0.617. The van der Waals surface area contributed by atoms with Crippen molar-refractivity contribution in [3.05, 3.63) is 81.8 Å². The molecule has 0 aliphatic heterocycles. The number of aliphatic hydroxyl groups excluding tert-OH is 1. The van der Waals surface area contributed by atoms with Gasteiger partial charge in [0, 0.05) is 12.1 Å². The number of nitrogens with zero attached hydrogens (tertiary/aromatic N) is 1. The number of benzene rings is 2. The molecule has 1 aromatic heterocycles. The van der Waals surface area contributed by atoms with E-state index in [1.807, 2.05) is 30.3 Å². The summed E-state index contributed by atoms with van der Waals surface area (Å²) < 4.78 is 21.6. The highest BCUT2D eigenvalue weighted by Gasteiger charge is 2.23. The van der Waals surface area contributed by atoms with Crippen molar-refractivity contribution in [3.63, 3.8) is 0 Å². The summed E-state index contributed by atoms with van der Waals surface area (Å²) in [6.07, 6.45) is 0. The average molecular weight is 369 g/mol. The summed E-state index contributed by atoms with van der Waals surface area (Å²) in [6, 6.07) is 15.2. The van der Waals surface area contributed by atoms with E-state index in [0.29, 0.717) is 0 Å². The Morgan fingerprint density at radius 3 is 2.41 bits per heavy atom. The maximum absolute atomic E-state index is 14.5. The van der Waals surface area contributed by atoms with Crippen molar-refractivity contribution in [2.24, 2.45) is 0 Å². The van der Waals surface area contributed by atoms with E-state index < -0.39 is 11.2 Å². The van der Waals surface area contributed by atoms with E-state index in [1.165, 1.54) is 29.7 Å². The van der Waals surface area contributed by atoms with Crippen LogP contribution >= 0.6 is 0 Å². The number of hydrogen-bond acceptors (Lipinski definition) is 4. The molecule has 3 aromatic rings. The van der Waals surface area contributed by atoms with Crippen LogP contribution in [0.1, 0.15) is 11.1 Å². The Balaban J connectivity index is 2.21. The van der Waals surface area contributed by atoms with Gasteiger partial charge in [0.15, 0.2) is 11.6 Å². The first-order chi connectivity index (χ1) is 13.0. The monoisotopic (exact) mass is 369 g/mol. The van der Waals surface area contributed by atoms with Crippen molar-refractivity contribution < 1.29 is 19.3 Å². The average Bonchev–Trinajstić information content (AvgIpc) is 2.69. The molecule has 0 saturated carbocycles. The third kappa shape index (κ3) is 3.71. The van der Waals surface area contributed by atoms with E-state index in [0.717, 1.165) is 5.56 Å². The number of ether oxygens (including phenoxy) is 1. The summed E-state index contributed by atoms with van der Waals surface area (Å²) in [4.78, 5) is 12.8. The first-order valence-electron chi connectivity index (χ1n) is 8.53. The normalized spacial score (nSPS) is 10.8. The largest absolute Gasteiger partial charge is 0.494 e. The van der Waals surface area contributed by atoms with Crippen molar-refractivity contribution in [1.82, 2.24) is 4.57 Å². The van der Waals surface area contributed by atoms with Crippen molar-refractivity contribution in [2.45, 2.75) is 20.1 Å². The summed E-state index contributed by atoms with van der Waals surface area (Å²) >= 11 is 0. The van der Waals surface area contributed by atoms with Crippen LogP contribution in [0.4, 0.5) is 4.39 Å². The zero-order valence-corrected chi connectivity index (χ0v) is 14.9. The lowest BCUT2D eigenvalue weighted by Crippen LogP contribution is -2.20. The van der Waals surface area contributed by atoms with Crippen LogP contribution in [0, 0.1) is 12.7 Å². The lowest BCUT2D eigenvalue weighted by molar-refractivity contribution is 0.261. The lowest BCUT2D eigenvalue weighted by Gasteiger charge is -2.20. The molecule has 0 atom stereocenters. The quantitative estimate of drug-likeness (QED) is 0.700. The highest BCUT2D eigenvalue weighted by atomic mass is 19.1. The second-order valence-corrected chi connectivity index (χ2v) is 6.08. The van der Waals surface area contributed by atoms with Crippen molar-refractivity contribution in [1.29, 1.82) is 0 Å². The van der Waals surface area contributed by atoms with Crippen molar-refractivity contribution in [3.8, 4) is 22.9 Å². The van der Waals surface area contributed by atoms with Gasteiger partial charge in [-0.15, -0.1) is 0 Å². The van der Waals surface area contributed by atoms with E-state index in [1.54, 1.807) is 6.07 Å². The minimum Gasteiger partial charge on any atom is -0.494 e. The molecule has 3 rings (SSSR count). The Morgan fingerprint density at radius 2 is 1.74 bits per heavy atom. The Bertz CT molecular complexity index is 999. The Labute approximate surface area is 155 Å². The molecule has 5 nitrogen and oxygen atoms in total. The van der Waals surface area contributed by atoms with E-state index in [2.05, 4.69) is 0 Å². The molecule has 6 heteroatoms. The fourth-order valence-corrected chi connectivity index (χ4v) is 2.91. The molecule has 27 heavy (non-hydrogen) atoms. The molecule has 0 aliphatic carbocycles. The topological polar surface area (TPSA) is 71.7 Å². The molecule has 0 unspecified atom stereocenters. The molecule has 0 amide bonds. The number of halogens is 1. The highest BCUT2D eigenvalue weighted by molar-refractivity contribution is 5.69. The maximum Gasteiger partial charge on any atom is 0.230 e. The molecule has 0 radical (unpaired) electrons. The summed E-state index contributed by atoms with van der Waals surface area (Å²) in [6.45, 7) is 1.26. The molecule has 0 aliphatic rings. The maximum atomic E-state index is 14.5. The van der Waals surface area contributed by atoms with Gasteiger partial charge in [0.05, 0.1) is 12.2 Å². The summed E-state index contributed by atoms with van der Waals surface area (Å²) in [7, 11) is 0. The molecule has 0 bridgehead atoms. The first kappa shape index (κ1) is 18.7. The van der Waals surface area contributed by atoms with Gasteiger partial charge in [-0.2, -0.15) is 0 Å². The Hall–Kier alpha value is -3.12. The van der Waals surface area contributed by atoms with Gasteiger partial charge in [0.1, 0.15) is 18.1 Å². The van der Waals surface area contributed by atoms with E-state index in [-0.39, 0.29) is 48.2 Å². The number of rotatable bonds is 6. The molecular formula is C21H20FNO4. The molecule has 0 saturated heterocycles. The number of aliphatic hydroxyl groups is 1. The summed E-state index contributed by atoms with van der Waals surface area (Å²) in [5.74, 6) is -0.941. The second kappa shape index (κ2) is 8.05. The molecule has 0 fully saturated rings. The van der Waals surface area contributed by atoms with Gasteiger partial charge in [-0.1, -0.05) is 42.5 Å². The third-order valence-electron chi connectivity index (χ3n) is 4.30. The van der Waals surface area contributed by atoms with Crippen molar-refractivity contribution in [2.75, 3.05) is 6.61 Å². The van der Waals surface area contributed by atoms with Gasteiger partial charge in [-0.25, -0.2) is 4.39 Å². The van der Waals surface area contributed by atoms with Gasteiger partial charge in [-0.05, 0) is 24.6 Å². The van der Waals surface area contributed by atoms with Crippen LogP contribution in [0.25, 0.3) is 11.3 Å². The zero-order chi connectivity index (χ0) is 19.4. The minimum absolute atomic E-state index is 0.0156. The molecular weight excluding hydrogens is 349 g/mol. The van der Waals surface area contributed by atoms with E-state index in [4.69, 9.17) is 4.74 Å². The second-order valence-electron chi connectivity index (χ2n) is 6.08. The van der Waals surface area contributed by atoms with Gasteiger partial charge in [0.25, 0.3) is 0 Å².